The van der Waals surface area contributed by atoms with Crippen molar-refractivity contribution in [2.75, 3.05) is 80.4 Å². The van der Waals surface area contributed by atoms with Gasteiger partial charge in [0.15, 0.2) is 0 Å². The van der Waals surface area contributed by atoms with Crippen LogP contribution in [0, 0.1) is 0 Å². The minimum atomic E-state index is -0.466. The van der Waals surface area contributed by atoms with Gasteiger partial charge in [0.2, 0.25) is 5.91 Å². The average molecular weight is 291 g/mol. The van der Waals surface area contributed by atoms with Crippen molar-refractivity contribution in [3.8, 4) is 0 Å². The van der Waals surface area contributed by atoms with Crippen LogP contribution in [0.25, 0.3) is 0 Å². The van der Waals surface area contributed by atoms with Crippen LogP contribution in [-0.2, 0) is 19.0 Å². The van der Waals surface area contributed by atoms with Gasteiger partial charge < -0.3 is 29.7 Å². The molecule has 0 heterocycles. The summed E-state index contributed by atoms with van der Waals surface area (Å²) in [5.41, 5.74) is 4.92. The standard InChI is InChI=1S/C13H29N3O4/c1-15(2)4-5-16(3)6-7-18-8-9-19-10-11-20-12-13(14)17/h4-12H2,1-3H3,(H2,14,17). The first-order valence-corrected chi connectivity index (χ1v) is 6.87. The molecule has 0 spiro atoms. The fourth-order valence-electron chi connectivity index (χ4n) is 1.32. The van der Waals surface area contributed by atoms with Gasteiger partial charge in [-0.05, 0) is 21.1 Å². The zero-order valence-electron chi connectivity index (χ0n) is 13.0. The first kappa shape index (κ1) is 19.3. The normalized spacial score (nSPS) is 11.4. The topological polar surface area (TPSA) is 77.3 Å². The number of primary amides is 1. The molecule has 20 heavy (non-hydrogen) atoms. The Morgan fingerprint density at radius 3 is 1.95 bits per heavy atom. The van der Waals surface area contributed by atoms with Crippen LogP contribution in [0.2, 0.25) is 0 Å². The van der Waals surface area contributed by atoms with E-state index in [9.17, 15) is 4.79 Å². The molecular weight excluding hydrogens is 262 g/mol. The van der Waals surface area contributed by atoms with E-state index in [0.29, 0.717) is 33.0 Å². The van der Waals surface area contributed by atoms with Gasteiger partial charge in [-0.15, -0.1) is 0 Å². The molecule has 0 fully saturated rings. The highest BCUT2D eigenvalue weighted by atomic mass is 16.5. The van der Waals surface area contributed by atoms with E-state index in [0.717, 1.165) is 19.6 Å². The number of hydrogen-bond donors (Lipinski definition) is 1. The van der Waals surface area contributed by atoms with E-state index < -0.39 is 5.91 Å². The molecule has 0 unspecified atom stereocenters. The maximum absolute atomic E-state index is 10.4. The van der Waals surface area contributed by atoms with Crippen LogP contribution in [-0.4, -0.2) is 96.1 Å². The zero-order valence-corrected chi connectivity index (χ0v) is 13.0. The molecule has 0 aromatic rings. The summed E-state index contributed by atoms with van der Waals surface area (Å²) in [7, 11) is 6.21. The maximum atomic E-state index is 10.4. The number of rotatable bonds is 14. The summed E-state index contributed by atoms with van der Waals surface area (Å²) in [6, 6.07) is 0. The lowest BCUT2D eigenvalue weighted by Crippen LogP contribution is -2.31. The summed E-state index contributed by atoms with van der Waals surface area (Å²) in [4.78, 5) is 14.8. The number of carbonyl (C=O) groups is 1. The van der Waals surface area contributed by atoms with Crippen molar-refractivity contribution in [1.82, 2.24) is 9.80 Å². The molecule has 0 saturated carbocycles. The summed E-state index contributed by atoms with van der Waals surface area (Å²) in [6.07, 6.45) is 0. The minimum Gasteiger partial charge on any atom is -0.378 e. The molecule has 7 heteroatoms. The molecule has 2 N–H and O–H groups in total. The van der Waals surface area contributed by atoms with Gasteiger partial charge in [0.1, 0.15) is 6.61 Å². The lowest BCUT2D eigenvalue weighted by Gasteiger charge is -2.19. The van der Waals surface area contributed by atoms with E-state index in [-0.39, 0.29) is 6.61 Å². The van der Waals surface area contributed by atoms with Gasteiger partial charge in [-0.1, -0.05) is 0 Å². The Morgan fingerprint density at radius 2 is 1.40 bits per heavy atom. The highest BCUT2D eigenvalue weighted by Gasteiger charge is 1.99. The Balaban J connectivity index is 3.14. The molecule has 0 bridgehead atoms. The first-order chi connectivity index (χ1) is 9.52. The van der Waals surface area contributed by atoms with Gasteiger partial charge in [-0.25, -0.2) is 0 Å². The van der Waals surface area contributed by atoms with Crippen LogP contribution in [0.4, 0.5) is 0 Å². The molecule has 0 aliphatic carbocycles. The van der Waals surface area contributed by atoms with Crippen molar-refractivity contribution in [2.45, 2.75) is 0 Å². The number of ether oxygens (including phenoxy) is 3. The molecule has 0 aliphatic heterocycles. The second kappa shape index (κ2) is 13.3. The van der Waals surface area contributed by atoms with Crippen LogP contribution in [0.5, 0.6) is 0 Å². The van der Waals surface area contributed by atoms with E-state index in [1.807, 2.05) is 0 Å². The number of hydrogen-bond acceptors (Lipinski definition) is 6. The molecular formula is C13H29N3O4. The molecule has 0 rings (SSSR count). The van der Waals surface area contributed by atoms with Crippen LogP contribution >= 0.6 is 0 Å². The molecule has 0 saturated heterocycles. The van der Waals surface area contributed by atoms with Gasteiger partial charge in [0.05, 0.1) is 33.0 Å². The number of likely N-dealkylation sites (N-methyl/N-ethyl adjacent to an activating group) is 2. The maximum Gasteiger partial charge on any atom is 0.243 e. The van der Waals surface area contributed by atoms with Crippen molar-refractivity contribution in [3.63, 3.8) is 0 Å². The summed E-state index contributed by atoms with van der Waals surface area (Å²) in [6.45, 7) is 5.55. The summed E-state index contributed by atoms with van der Waals surface area (Å²) >= 11 is 0. The SMILES string of the molecule is CN(C)CCN(C)CCOCCOCCOCC(N)=O. The quantitative estimate of drug-likeness (QED) is 0.414. The average Bonchev–Trinajstić information content (AvgIpc) is 2.38. The van der Waals surface area contributed by atoms with Crippen LogP contribution in [0.1, 0.15) is 0 Å². The lowest BCUT2D eigenvalue weighted by molar-refractivity contribution is -0.123. The Kier molecular flexibility index (Phi) is 12.8. The smallest absolute Gasteiger partial charge is 0.243 e. The molecule has 0 aromatic heterocycles. The van der Waals surface area contributed by atoms with Crippen molar-refractivity contribution in [1.29, 1.82) is 0 Å². The lowest BCUT2D eigenvalue weighted by atomic mass is 10.5. The largest absolute Gasteiger partial charge is 0.378 e. The van der Waals surface area contributed by atoms with Gasteiger partial charge in [-0.2, -0.15) is 0 Å². The molecule has 0 aromatic carbocycles. The predicted octanol–water partition coefficient (Wildman–Crippen LogP) is -0.985. The number of nitrogens with two attached hydrogens (primary N) is 1. The van der Waals surface area contributed by atoms with Gasteiger partial charge >= 0.3 is 0 Å². The second-order valence-electron chi connectivity index (χ2n) is 4.85. The van der Waals surface area contributed by atoms with Crippen molar-refractivity contribution in [3.05, 3.63) is 0 Å². The van der Waals surface area contributed by atoms with Crippen molar-refractivity contribution < 1.29 is 19.0 Å². The van der Waals surface area contributed by atoms with Crippen molar-refractivity contribution >= 4 is 5.91 Å². The summed E-state index contributed by atoms with van der Waals surface area (Å²) in [5.74, 6) is -0.466. The van der Waals surface area contributed by atoms with Crippen LogP contribution in [0.3, 0.4) is 0 Å². The highest BCUT2D eigenvalue weighted by Crippen LogP contribution is 1.86. The highest BCUT2D eigenvalue weighted by molar-refractivity contribution is 5.74. The fourth-order valence-corrected chi connectivity index (χ4v) is 1.32. The van der Waals surface area contributed by atoms with Crippen LogP contribution < -0.4 is 5.73 Å². The van der Waals surface area contributed by atoms with E-state index >= 15 is 0 Å². The third-order valence-corrected chi connectivity index (χ3v) is 2.53. The van der Waals surface area contributed by atoms with E-state index in [1.54, 1.807) is 0 Å². The molecule has 0 atom stereocenters. The van der Waals surface area contributed by atoms with Crippen LogP contribution in [0.15, 0.2) is 0 Å². The third-order valence-electron chi connectivity index (χ3n) is 2.53. The Morgan fingerprint density at radius 1 is 0.850 bits per heavy atom. The molecule has 0 radical (unpaired) electrons. The van der Waals surface area contributed by atoms with E-state index in [2.05, 4.69) is 30.9 Å². The van der Waals surface area contributed by atoms with Gasteiger partial charge in [-0.3, -0.25) is 4.79 Å². The molecule has 120 valence electrons. The fraction of sp³-hybridized carbons (Fsp3) is 0.923. The first-order valence-electron chi connectivity index (χ1n) is 6.87. The van der Waals surface area contributed by atoms with Gasteiger partial charge in [0, 0.05) is 19.6 Å². The molecule has 0 aliphatic rings. The second-order valence-corrected chi connectivity index (χ2v) is 4.85. The zero-order chi connectivity index (χ0) is 15.2. The Bertz CT molecular complexity index is 240. The number of amides is 1. The Hall–Kier alpha value is -0.730. The monoisotopic (exact) mass is 291 g/mol. The molecule has 7 nitrogen and oxygen atoms in total. The van der Waals surface area contributed by atoms with E-state index in [1.165, 1.54) is 0 Å². The number of nitrogens with zero attached hydrogens (tertiary/aromatic N) is 2. The Labute approximate surface area is 121 Å². The van der Waals surface area contributed by atoms with Gasteiger partial charge in [0.25, 0.3) is 0 Å². The van der Waals surface area contributed by atoms with E-state index in [4.69, 9.17) is 19.9 Å². The number of carbonyl (C=O) groups excluding carboxylic acids is 1. The minimum absolute atomic E-state index is 0.0564. The summed E-state index contributed by atoms with van der Waals surface area (Å²) in [5, 5.41) is 0. The third kappa shape index (κ3) is 15.3. The predicted molar refractivity (Wildman–Crippen MR) is 77.7 cm³/mol. The van der Waals surface area contributed by atoms with Crippen molar-refractivity contribution in [2.24, 2.45) is 5.73 Å². The molecule has 1 amide bonds. The summed E-state index contributed by atoms with van der Waals surface area (Å²) < 4.78 is 15.7.